The highest BCUT2D eigenvalue weighted by molar-refractivity contribution is 5.88. The molecule has 1 aliphatic rings. The highest BCUT2D eigenvalue weighted by Gasteiger charge is 2.40. The average molecular weight is 335 g/mol. The molecule has 0 radical (unpaired) electrons. The van der Waals surface area contributed by atoms with Gasteiger partial charge in [-0.15, -0.1) is 0 Å². The Bertz CT molecular complexity index is 695. The lowest BCUT2D eigenvalue weighted by atomic mass is 9.70. The maximum absolute atomic E-state index is 12.6. The lowest BCUT2D eigenvalue weighted by Crippen LogP contribution is -2.46. The van der Waals surface area contributed by atoms with Crippen LogP contribution in [0.4, 0.5) is 0 Å². The second-order valence-electron chi connectivity index (χ2n) is 7.68. The van der Waals surface area contributed by atoms with E-state index in [2.05, 4.69) is 73.3 Å². The number of carbonyl (C=O) groups is 1. The van der Waals surface area contributed by atoms with Crippen molar-refractivity contribution in [3.05, 3.63) is 71.3 Å². The van der Waals surface area contributed by atoms with Gasteiger partial charge in [0.1, 0.15) is 5.78 Å². The molecule has 2 aromatic rings. The summed E-state index contributed by atoms with van der Waals surface area (Å²) < 4.78 is 0. The monoisotopic (exact) mass is 335 g/mol. The van der Waals surface area contributed by atoms with E-state index in [0.29, 0.717) is 11.7 Å². The van der Waals surface area contributed by atoms with Crippen molar-refractivity contribution < 1.29 is 4.79 Å². The van der Waals surface area contributed by atoms with Crippen LogP contribution in [0.25, 0.3) is 0 Å². The van der Waals surface area contributed by atoms with Gasteiger partial charge in [0, 0.05) is 6.54 Å². The Labute approximate surface area is 151 Å². The first kappa shape index (κ1) is 17.9. The van der Waals surface area contributed by atoms with Crippen molar-refractivity contribution in [1.82, 2.24) is 4.90 Å². The van der Waals surface area contributed by atoms with E-state index in [0.717, 1.165) is 32.5 Å². The van der Waals surface area contributed by atoms with Crippen molar-refractivity contribution in [3.63, 3.8) is 0 Å². The van der Waals surface area contributed by atoms with Gasteiger partial charge in [-0.2, -0.15) is 0 Å². The minimum Gasteiger partial charge on any atom is -0.299 e. The minimum absolute atomic E-state index is 0.303. The molecule has 0 aromatic heterocycles. The van der Waals surface area contributed by atoms with Crippen molar-refractivity contribution in [2.24, 2.45) is 0 Å². The number of rotatable bonds is 5. The maximum atomic E-state index is 12.6. The molecule has 132 valence electrons. The molecule has 0 saturated carbocycles. The summed E-state index contributed by atoms with van der Waals surface area (Å²) >= 11 is 0. The smallest absolute Gasteiger partial charge is 0.140 e. The SMILES string of the molecule is CC(=O)C1(c2ccc(C(C)C)cc2)CCN(Cc2ccccc2)CC1. The molecule has 0 atom stereocenters. The van der Waals surface area contributed by atoms with Gasteiger partial charge in [-0.3, -0.25) is 9.69 Å². The number of Topliss-reactive ketones (excluding diaryl/α,β-unsaturated/α-hetero) is 1. The fraction of sp³-hybridized carbons (Fsp3) is 0.435. The van der Waals surface area contributed by atoms with Crippen LogP contribution >= 0.6 is 0 Å². The quantitative estimate of drug-likeness (QED) is 0.772. The topological polar surface area (TPSA) is 20.3 Å². The van der Waals surface area contributed by atoms with Crippen LogP contribution in [0.2, 0.25) is 0 Å². The Morgan fingerprint density at radius 2 is 1.60 bits per heavy atom. The second-order valence-corrected chi connectivity index (χ2v) is 7.68. The van der Waals surface area contributed by atoms with Crippen LogP contribution in [-0.2, 0) is 16.8 Å². The molecule has 3 rings (SSSR count). The van der Waals surface area contributed by atoms with Gasteiger partial charge in [-0.25, -0.2) is 0 Å². The molecule has 2 heteroatoms. The van der Waals surface area contributed by atoms with Gasteiger partial charge in [0.05, 0.1) is 5.41 Å². The highest BCUT2D eigenvalue weighted by Crippen LogP contribution is 2.37. The Hall–Kier alpha value is -1.93. The fourth-order valence-electron chi connectivity index (χ4n) is 3.97. The summed E-state index contributed by atoms with van der Waals surface area (Å²) in [5, 5.41) is 0. The van der Waals surface area contributed by atoms with Crippen LogP contribution in [0, 0.1) is 0 Å². The van der Waals surface area contributed by atoms with Gasteiger partial charge in [0.2, 0.25) is 0 Å². The summed E-state index contributed by atoms with van der Waals surface area (Å²) in [5.41, 5.74) is 3.58. The number of piperidine rings is 1. The van der Waals surface area contributed by atoms with E-state index in [9.17, 15) is 4.79 Å². The number of nitrogens with zero attached hydrogens (tertiary/aromatic N) is 1. The van der Waals surface area contributed by atoms with E-state index in [1.165, 1.54) is 16.7 Å². The zero-order valence-electron chi connectivity index (χ0n) is 15.7. The summed E-state index contributed by atoms with van der Waals surface area (Å²) in [6.45, 7) is 9.10. The molecule has 0 bridgehead atoms. The van der Waals surface area contributed by atoms with Crippen LogP contribution in [0.5, 0.6) is 0 Å². The molecule has 0 N–H and O–H groups in total. The van der Waals surface area contributed by atoms with Gasteiger partial charge in [-0.05, 0) is 55.5 Å². The molecule has 0 spiro atoms. The molecular weight excluding hydrogens is 306 g/mol. The lowest BCUT2D eigenvalue weighted by Gasteiger charge is -2.40. The maximum Gasteiger partial charge on any atom is 0.140 e. The van der Waals surface area contributed by atoms with E-state index in [1.807, 2.05) is 0 Å². The van der Waals surface area contributed by atoms with Crippen LogP contribution in [0.15, 0.2) is 54.6 Å². The molecule has 2 nitrogen and oxygen atoms in total. The Morgan fingerprint density at radius 1 is 1.00 bits per heavy atom. The third-order valence-electron chi connectivity index (χ3n) is 5.76. The molecule has 1 aliphatic heterocycles. The molecule has 2 aromatic carbocycles. The van der Waals surface area contributed by atoms with Crippen LogP contribution in [0.3, 0.4) is 0 Å². The predicted molar refractivity (Wildman–Crippen MR) is 104 cm³/mol. The molecule has 0 amide bonds. The summed E-state index contributed by atoms with van der Waals surface area (Å²) in [4.78, 5) is 15.1. The number of carbonyl (C=O) groups excluding carboxylic acids is 1. The van der Waals surface area contributed by atoms with E-state index < -0.39 is 0 Å². The number of hydrogen-bond acceptors (Lipinski definition) is 2. The summed E-state index contributed by atoms with van der Waals surface area (Å²) in [7, 11) is 0. The van der Waals surface area contributed by atoms with Gasteiger partial charge < -0.3 is 0 Å². The summed E-state index contributed by atoms with van der Waals surface area (Å²) in [5.74, 6) is 0.833. The highest BCUT2D eigenvalue weighted by atomic mass is 16.1. The van der Waals surface area contributed by atoms with Crippen LogP contribution in [0.1, 0.15) is 56.2 Å². The molecular formula is C23H29NO. The predicted octanol–water partition coefficient (Wildman–Crippen LogP) is 4.93. The van der Waals surface area contributed by atoms with Gasteiger partial charge in [0.25, 0.3) is 0 Å². The van der Waals surface area contributed by atoms with Gasteiger partial charge >= 0.3 is 0 Å². The molecule has 1 heterocycles. The number of hydrogen-bond donors (Lipinski definition) is 0. The number of likely N-dealkylation sites (tertiary alicyclic amines) is 1. The number of benzene rings is 2. The normalized spacial score (nSPS) is 17.6. The van der Waals surface area contributed by atoms with E-state index in [1.54, 1.807) is 6.92 Å². The Balaban J connectivity index is 1.74. The van der Waals surface area contributed by atoms with Crippen molar-refractivity contribution in [2.75, 3.05) is 13.1 Å². The third kappa shape index (κ3) is 3.85. The second kappa shape index (κ2) is 7.53. The minimum atomic E-state index is -0.303. The fourth-order valence-corrected chi connectivity index (χ4v) is 3.97. The first-order valence-electron chi connectivity index (χ1n) is 9.39. The van der Waals surface area contributed by atoms with E-state index >= 15 is 0 Å². The first-order valence-corrected chi connectivity index (χ1v) is 9.39. The van der Waals surface area contributed by atoms with Crippen LogP contribution < -0.4 is 0 Å². The molecule has 0 aliphatic carbocycles. The lowest BCUT2D eigenvalue weighted by molar-refractivity contribution is -0.124. The molecule has 1 fully saturated rings. The van der Waals surface area contributed by atoms with Crippen molar-refractivity contribution in [3.8, 4) is 0 Å². The molecule has 0 unspecified atom stereocenters. The van der Waals surface area contributed by atoms with Crippen molar-refractivity contribution in [2.45, 2.75) is 51.5 Å². The zero-order chi connectivity index (χ0) is 17.9. The first-order chi connectivity index (χ1) is 12.0. The van der Waals surface area contributed by atoms with Crippen LogP contribution in [-0.4, -0.2) is 23.8 Å². The Kier molecular flexibility index (Phi) is 5.39. The van der Waals surface area contributed by atoms with E-state index in [-0.39, 0.29) is 5.41 Å². The average Bonchev–Trinajstić information content (AvgIpc) is 2.63. The summed E-state index contributed by atoms with van der Waals surface area (Å²) in [6.07, 6.45) is 1.83. The molecule has 25 heavy (non-hydrogen) atoms. The number of ketones is 1. The van der Waals surface area contributed by atoms with Crippen molar-refractivity contribution in [1.29, 1.82) is 0 Å². The Morgan fingerprint density at radius 3 is 2.12 bits per heavy atom. The van der Waals surface area contributed by atoms with Crippen molar-refractivity contribution >= 4 is 5.78 Å². The third-order valence-corrected chi connectivity index (χ3v) is 5.76. The zero-order valence-corrected chi connectivity index (χ0v) is 15.7. The van der Waals surface area contributed by atoms with Gasteiger partial charge in [-0.1, -0.05) is 68.4 Å². The van der Waals surface area contributed by atoms with E-state index in [4.69, 9.17) is 0 Å². The standard InChI is InChI=1S/C23H29NO/c1-18(2)21-9-11-22(12-10-21)23(19(3)25)13-15-24(16-14-23)17-20-7-5-4-6-8-20/h4-12,18H,13-17H2,1-3H3. The summed E-state index contributed by atoms with van der Waals surface area (Å²) in [6, 6.07) is 19.4. The van der Waals surface area contributed by atoms with Gasteiger partial charge in [0.15, 0.2) is 0 Å². The largest absolute Gasteiger partial charge is 0.299 e. The molecule has 1 saturated heterocycles.